The van der Waals surface area contributed by atoms with Crippen molar-refractivity contribution in [2.75, 3.05) is 0 Å². The Morgan fingerprint density at radius 3 is 2.56 bits per heavy atom. The van der Waals surface area contributed by atoms with Crippen LogP contribution < -0.4 is 0 Å². The number of rotatable bonds is 4. The molecule has 0 aliphatic carbocycles. The summed E-state index contributed by atoms with van der Waals surface area (Å²) in [6.07, 6.45) is -2.85. The number of thiophene rings is 1. The Morgan fingerprint density at radius 2 is 1.94 bits per heavy atom. The quantitative estimate of drug-likeness (QED) is 0.858. The van der Waals surface area contributed by atoms with Gasteiger partial charge in [-0.1, -0.05) is 18.2 Å². The molecule has 2 rings (SSSR count). The highest BCUT2D eigenvalue weighted by Gasteiger charge is 2.14. The molecule has 1 atom stereocenters. The Labute approximate surface area is 116 Å². The monoisotopic (exact) mass is 332 g/mol. The highest BCUT2D eigenvalue weighted by atomic mass is 79.9. The van der Waals surface area contributed by atoms with Crippen molar-refractivity contribution in [2.45, 2.75) is 19.0 Å². The molecule has 1 nitrogen and oxygen atoms in total. The van der Waals surface area contributed by atoms with Crippen LogP contribution in [0.3, 0.4) is 0 Å². The van der Waals surface area contributed by atoms with Gasteiger partial charge in [0.05, 0.1) is 6.10 Å². The van der Waals surface area contributed by atoms with E-state index in [2.05, 4.69) is 15.9 Å². The first kappa shape index (κ1) is 13.6. The van der Waals surface area contributed by atoms with Crippen LogP contribution in [0.25, 0.3) is 0 Å². The van der Waals surface area contributed by atoms with Crippen LogP contribution in [-0.2, 0) is 6.42 Å². The number of benzene rings is 1. The van der Waals surface area contributed by atoms with Crippen LogP contribution in [0.5, 0.6) is 0 Å². The van der Waals surface area contributed by atoms with E-state index in [0.29, 0.717) is 12.0 Å². The zero-order chi connectivity index (χ0) is 13.1. The van der Waals surface area contributed by atoms with Gasteiger partial charge in [-0.25, -0.2) is 8.78 Å². The van der Waals surface area contributed by atoms with Gasteiger partial charge in [0, 0.05) is 21.3 Å². The van der Waals surface area contributed by atoms with E-state index in [1.165, 1.54) is 23.5 Å². The number of alkyl halides is 2. The molecule has 5 heteroatoms. The predicted molar refractivity (Wildman–Crippen MR) is 72.1 cm³/mol. The van der Waals surface area contributed by atoms with E-state index in [9.17, 15) is 13.9 Å². The second-order valence-electron chi connectivity index (χ2n) is 3.88. The summed E-state index contributed by atoms with van der Waals surface area (Å²) < 4.78 is 26.1. The molecule has 0 saturated heterocycles. The molecule has 0 aliphatic heterocycles. The maximum atomic E-state index is 12.6. The third-order valence-electron chi connectivity index (χ3n) is 2.62. The third kappa shape index (κ3) is 3.16. The molecule has 0 fully saturated rings. The lowest BCUT2D eigenvalue weighted by atomic mass is 10.0. The fourth-order valence-corrected chi connectivity index (χ4v) is 3.22. The first-order valence-corrected chi connectivity index (χ1v) is 7.03. The highest BCUT2D eigenvalue weighted by Crippen LogP contribution is 2.29. The molecular formula is C13H11BrF2OS. The molecule has 0 bridgehead atoms. The molecule has 1 unspecified atom stereocenters. The number of hydrogen-bond donors (Lipinski definition) is 1. The van der Waals surface area contributed by atoms with E-state index in [4.69, 9.17) is 0 Å². The summed E-state index contributed by atoms with van der Waals surface area (Å²) in [6.45, 7) is 0. The molecule has 1 heterocycles. The normalized spacial score (nSPS) is 12.9. The number of aliphatic hydroxyl groups is 1. The molecule has 0 amide bonds. The Morgan fingerprint density at radius 1 is 1.22 bits per heavy atom. The zero-order valence-electron chi connectivity index (χ0n) is 9.32. The third-order valence-corrected chi connectivity index (χ3v) is 4.57. The molecule has 0 aliphatic rings. The van der Waals surface area contributed by atoms with Gasteiger partial charge in [-0.15, -0.1) is 11.3 Å². The summed E-state index contributed by atoms with van der Waals surface area (Å²) in [4.78, 5) is 1.00. The minimum atomic E-state index is -2.51. The summed E-state index contributed by atoms with van der Waals surface area (Å²) in [7, 11) is 0. The molecule has 18 heavy (non-hydrogen) atoms. The molecule has 0 saturated carbocycles. The van der Waals surface area contributed by atoms with Crippen molar-refractivity contribution in [1.82, 2.24) is 0 Å². The summed E-state index contributed by atoms with van der Waals surface area (Å²) >= 11 is 4.91. The van der Waals surface area contributed by atoms with Crippen LogP contribution in [0, 0.1) is 0 Å². The molecule has 1 N–H and O–H groups in total. The van der Waals surface area contributed by atoms with E-state index in [1.807, 2.05) is 11.4 Å². The predicted octanol–water partition coefficient (Wildman–Crippen LogP) is 4.72. The average Bonchev–Trinajstić information content (AvgIpc) is 2.75. The van der Waals surface area contributed by atoms with Gasteiger partial charge in [0.1, 0.15) is 0 Å². The SMILES string of the molecule is OC(Cc1sccc1Br)c1cccc(C(F)F)c1. The standard InChI is InChI=1S/C13H11BrF2OS/c14-10-4-5-18-12(10)7-11(17)8-2-1-3-9(6-8)13(15)16/h1-6,11,13,17H,7H2. The van der Waals surface area contributed by atoms with Crippen LogP contribution in [0.2, 0.25) is 0 Å². The average molecular weight is 333 g/mol. The number of aliphatic hydroxyl groups excluding tert-OH is 1. The van der Waals surface area contributed by atoms with Gasteiger partial charge in [0.25, 0.3) is 6.43 Å². The van der Waals surface area contributed by atoms with Gasteiger partial charge >= 0.3 is 0 Å². The maximum Gasteiger partial charge on any atom is 0.263 e. The van der Waals surface area contributed by atoms with Crippen LogP contribution in [0.1, 0.15) is 28.5 Å². The Kier molecular flexibility index (Phi) is 4.48. The van der Waals surface area contributed by atoms with Crippen molar-refractivity contribution in [3.8, 4) is 0 Å². The lowest BCUT2D eigenvalue weighted by Gasteiger charge is -2.11. The fourth-order valence-electron chi connectivity index (χ4n) is 1.67. The molecule has 1 aromatic heterocycles. The molecule has 1 aromatic carbocycles. The van der Waals surface area contributed by atoms with Crippen molar-refractivity contribution >= 4 is 27.3 Å². The first-order chi connectivity index (χ1) is 8.58. The molecular weight excluding hydrogens is 322 g/mol. The summed E-state index contributed by atoms with van der Waals surface area (Å²) in [5.41, 5.74) is 0.463. The van der Waals surface area contributed by atoms with E-state index in [1.54, 1.807) is 12.1 Å². The molecule has 2 aromatic rings. The van der Waals surface area contributed by atoms with Crippen LogP contribution in [0.4, 0.5) is 8.78 Å². The Bertz CT molecular complexity index is 527. The van der Waals surface area contributed by atoms with Crippen molar-refractivity contribution < 1.29 is 13.9 Å². The largest absolute Gasteiger partial charge is 0.388 e. The zero-order valence-corrected chi connectivity index (χ0v) is 11.7. The minimum Gasteiger partial charge on any atom is -0.388 e. The fraction of sp³-hybridized carbons (Fsp3) is 0.231. The van der Waals surface area contributed by atoms with Gasteiger partial charge in [-0.3, -0.25) is 0 Å². The smallest absolute Gasteiger partial charge is 0.263 e. The van der Waals surface area contributed by atoms with E-state index in [0.717, 1.165) is 9.35 Å². The van der Waals surface area contributed by atoms with Crippen LogP contribution in [-0.4, -0.2) is 5.11 Å². The maximum absolute atomic E-state index is 12.6. The van der Waals surface area contributed by atoms with E-state index < -0.39 is 12.5 Å². The number of halogens is 3. The molecule has 0 radical (unpaired) electrons. The topological polar surface area (TPSA) is 20.2 Å². The van der Waals surface area contributed by atoms with Gasteiger partial charge in [-0.05, 0) is 39.0 Å². The number of hydrogen-bond acceptors (Lipinski definition) is 2. The lowest BCUT2D eigenvalue weighted by molar-refractivity contribution is 0.150. The van der Waals surface area contributed by atoms with Crippen LogP contribution in [0.15, 0.2) is 40.2 Å². The van der Waals surface area contributed by atoms with Gasteiger partial charge < -0.3 is 5.11 Å². The summed E-state index contributed by atoms with van der Waals surface area (Å²) in [6, 6.07) is 7.84. The van der Waals surface area contributed by atoms with Crippen molar-refractivity contribution in [3.05, 3.63) is 56.2 Å². The Hall–Kier alpha value is -0.780. The van der Waals surface area contributed by atoms with Crippen molar-refractivity contribution in [3.63, 3.8) is 0 Å². The van der Waals surface area contributed by atoms with Gasteiger partial charge in [0.2, 0.25) is 0 Å². The summed E-state index contributed by atoms with van der Waals surface area (Å²) in [5, 5.41) is 12.0. The van der Waals surface area contributed by atoms with Gasteiger partial charge in [-0.2, -0.15) is 0 Å². The minimum absolute atomic E-state index is 0.0585. The molecule has 96 valence electrons. The van der Waals surface area contributed by atoms with E-state index >= 15 is 0 Å². The summed E-state index contributed by atoms with van der Waals surface area (Å²) in [5.74, 6) is 0. The van der Waals surface area contributed by atoms with Crippen molar-refractivity contribution in [1.29, 1.82) is 0 Å². The molecule has 0 spiro atoms. The van der Waals surface area contributed by atoms with Gasteiger partial charge in [0.15, 0.2) is 0 Å². The van der Waals surface area contributed by atoms with E-state index in [-0.39, 0.29) is 5.56 Å². The first-order valence-electron chi connectivity index (χ1n) is 5.36. The van der Waals surface area contributed by atoms with Crippen molar-refractivity contribution in [2.24, 2.45) is 0 Å². The Balaban J connectivity index is 2.16. The second kappa shape index (κ2) is 5.91. The highest BCUT2D eigenvalue weighted by molar-refractivity contribution is 9.10. The van der Waals surface area contributed by atoms with Crippen LogP contribution >= 0.6 is 27.3 Å². The lowest BCUT2D eigenvalue weighted by Crippen LogP contribution is -2.01. The second-order valence-corrected chi connectivity index (χ2v) is 5.74.